The minimum absolute atomic E-state index is 0.0367. The van der Waals surface area contributed by atoms with Crippen LogP contribution in [0.15, 0.2) is 72.8 Å². The van der Waals surface area contributed by atoms with Crippen LogP contribution in [0.2, 0.25) is 10.0 Å². The second kappa shape index (κ2) is 13.3. The van der Waals surface area contributed by atoms with E-state index in [9.17, 15) is 20.2 Å². The molecular formula is C34H30Cl2F2N4O5. The zero-order valence-corrected chi connectivity index (χ0v) is 26.8. The highest BCUT2D eigenvalue weighted by atomic mass is 35.5. The molecule has 2 atom stereocenters. The first-order valence-electron chi connectivity index (χ1n) is 15.1. The average Bonchev–Trinajstić information content (AvgIpc) is 3.50. The molecule has 0 spiro atoms. The second-order valence-corrected chi connectivity index (χ2v) is 12.6. The molecule has 2 fully saturated rings. The van der Waals surface area contributed by atoms with E-state index in [1.165, 1.54) is 36.4 Å². The smallest absolute Gasteiger partial charge is 0.288 e. The summed E-state index contributed by atoms with van der Waals surface area (Å²) >= 11 is 12.2. The van der Waals surface area contributed by atoms with Gasteiger partial charge in [-0.3, -0.25) is 20.2 Å². The van der Waals surface area contributed by atoms with Crippen molar-refractivity contribution in [2.45, 2.75) is 43.7 Å². The lowest BCUT2D eigenvalue weighted by Crippen LogP contribution is -2.34. The van der Waals surface area contributed by atoms with E-state index >= 15 is 8.78 Å². The van der Waals surface area contributed by atoms with Crippen LogP contribution in [0.4, 0.5) is 31.5 Å². The predicted molar refractivity (Wildman–Crippen MR) is 177 cm³/mol. The van der Waals surface area contributed by atoms with Gasteiger partial charge in [0.15, 0.2) is 11.6 Å². The molecule has 2 aliphatic heterocycles. The molecule has 13 heteroatoms. The van der Waals surface area contributed by atoms with E-state index in [0.29, 0.717) is 49.9 Å². The van der Waals surface area contributed by atoms with Gasteiger partial charge >= 0.3 is 0 Å². The van der Waals surface area contributed by atoms with E-state index in [1.54, 1.807) is 29.0 Å². The second-order valence-electron chi connectivity index (χ2n) is 11.7. The summed E-state index contributed by atoms with van der Waals surface area (Å²) in [5.41, 5.74) is 1.71. The summed E-state index contributed by atoms with van der Waals surface area (Å²) < 4.78 is 37.3. The highest BCUT2D eigenvalue weighted by Crippen LogP contribution is 2.49. The third-order valence-corrected chi connectivity index (χ3v) is 9.83. The van der Waals surface area contributed by atoms with Crippen molar-refractivity contribution in [1.82, 2.24) is 0 Å². The van der Waals surface area contributed by atoms with Crippen molar-refractivity contribution in [2.75, 3.05) is 30.0 Å². The van der Waals surface area contributed by atoms with Crippen molar-refractivity contribution in [3.63, 3.8) is 0 Å². The van der Waals surface area contributed by atoms with Gasteiger partial charge in [0.25, 0.3) is 11.4 Å². The number of piperidine rings is 1. The van der Waals surface area contributed by atoms with Crippen LogP contribution in [-0.2, 0) is 0 Å². The maximum Gasteiger partial charge on any atom is 0.288 e. The van der Waals surface area contributed by atoms with E-state index in [1.807, 2.05) is 24.3 Å². The van der Waals surface area contributed by atoms with Crippen molar-refractivity contribution >= 4 is 46.0 Å². The van der Waals surface area contributed by atoms with Gasteiger partial charge in [0.2, 0.25) is 0 Å². The van der Waals surface area contributed by atoms with Crippen LogP contribution in [0, 0.1) is 31.9 Å². The molecule has 9 nitrogen and oxygen atoms in total. The third kappa shape index (κ3) is 6.42. The Labute approximate surface area is 279 Å². The maximum absolute atomic E-state index is 16.0. The average molecular weight is 684 g/mol. The van der Waals surface area contributed by atoms with Crippen molar-refractivity contribution in [2.24, 2.45) is 0 Å². The molecule has 0 aliphatic carbocycles. The molecule has 0 saturated carbocycles. The number of halogens is 4. The topological polar surface area (TPSA) is 102 Å². The molecule has 2 unspecified atom stereocenters. The molecule has 0 N–H and O–H groups in total. The maximum atomic E-state index is 16.0. The van der Waals surface area contributed by atoms with E-state index in [4.69, 9.17) is 27.9 Å². The van der Waals surface area contributed by atoms with Crippen LogP contribution in [0.5, 0.6) is 5.75 Å². The molecule has 2 aliphatic rings. The Bertz CT molecular complexity index is 1740. The fraction of sp³-hybridized carbons (Fsp3) is 0.294. The SMILES string of the molecule is COc1ccc(C2CCN(c3c(F)cc(N4C(c5ccc(Cl)c([N+](=O)[O-])c5)CCC4c4ccc(Cl)c([N+](=O)[O-])c4)cc3F)CC2)cc1. The Hall–Kier alpha value is -4.48. The van der Waals surface area contributed by atoms with Gasteiger partial charge in [-0.1, -0.05) is 47.5 Å². The minimum Gasteiger partial charge on any atom is -0.497 e. The molecule has 47 heavy (non-hydrogen) atoms. The number of hydrogen-bond acceptors (Lipinski definition) is 7. The summed E-state index contributed by atoms with van der Waals surface area (Å²) in [7, 11) is 1.61. The van der Waals surface area contributed by atoms with Crippen molar-refractivity contribution < 1.29 is 23.4 Å². The molecule has 2 saturated heterocycles. The van der Waals surface area contributed by atoms with Crippen molar-refractivity contribution in [1.29, 1.82) is 0 Å². The summed E-state index contributed by atoms with van der Waals surface area (Å²) in [6.07, 6.45) is 2.33. The van der Waals surface area contributed by atoms with Gasteiger partial charge in [-0.2, -0.15) is 0 Å². The van der Waals surface area contributed by atoms with Gasteiger partial charge in [-0.15, -0.1) is 0 Å². The highest BCUT2D eigenvalue weighted by molar-refractivity contribution is 6.33. The van der Waals surface area contributed by atoms with Gasteiger partial charge in [0, 0.05) is 30.9 Å². The quantitative estimate of drug-likeness (QED) is 0.135. The molecule has 0 radical (unpaired) electrons. The van der Waals surface area contributed by atoms with E-state index in [2.05, 4.69) is 0 Å². The van der Waals surface area contributed by atoms with Crippen LogP contribution in [0.1, 0.15) is 60.4 Å². The third-order valence-electron chi connectivity index (χ3n) is 9.19. The lowest BCUT2D eigenvalue weighted by Gasteiger charge is -2.36. The zero-order chi connectivity index (χ0) is 33.4. The molecule has 244 valence electrons. The predicted octanol–water partition coefficient (Wildman–Crippen LogP) is 9.56. The molecule has 0 amide bonds. The number of nitro benzene ring substituents is 2. The summed E-state index contributed by atoms with van der Waals surface area (Å²) in [6.45, 7) is 0.920. The van der Waals surface area contributed by atoms with E-state index in [-0.39, 0.29) is 38.7 Å². The number of methoxy groups -OCH3 is 1. The lowest BCUT2D eigenvalue weighted by atomic mass is 9.89. The van der Waals surface area contributed by atoms with Crippen LogP contribution >= 0.6 is 23.2 Å². The van der Waals surface area contributed by atoms with Crippen LogP contribution in [-0.4, -0.2) is 30.0 Å². The van der Waals surface area contributed by atoms with Crippen molar-refractivity contribution in [3.8, 4) is 5.75 Å². The number of nitrogens with zero attached hydrogens (tertiary/aromatic N) is 4. The van der Waals surface area contributed by atoms with Gasteiger partial charge in [0.1, 0.15) is 21.5 Å². The molecule has 4 aromatic carbocycles. The Balaban J connectivity index is 1.34. The zero-order valence-electron chi connectivity index (χ0n) is 25.2. The highest BCUT2D eigenvalue weighted by Gasteiger charge is 2.38. The van der Waals surface area contributed by atoms with E-state index in [0.717, 1.165) is 11.3 Å². The number of ether oxygens (including phenoxy) is 1. The van der Waals surface area contributed by atoms with Crippen LogP contribution in [0.3, 0.4) is 0 Å². The first kappa shape index (κ1) is 32.5. The molecular weight excluding hydrogens is 653 g/mol. The Morgan fingerprint density at radius 3 is 1.64 bits per heavy atom. The number of benzene rings is 4. The van der Waals surface area contributed by atoms with Gasteiger partial charge in [0.05, 0.1) is 29.0 Å². The van der Waals surface area contributed by atoms with E-state index < -0.39 is 33.6 Å². The number of anilines is 2. The lowest BCUT2D eigenvalue weighted by molar-refractivity contribution is -0.384. The Morgan fingerprint density at radius 1 is 0.723 bits per heavy atom. The van der Waals surface area contributed by atoms with Crippen molar-refractivity contribution in [3.05, 3.63) is 131 Å². The summed E-state index contributed by atoms with van der Waals surface area (Å²) in [6, 6.07) is 18.2. The fourth-order valence-electron chi connectivity index (χ4n) is 6.90. The summed E-state index contributed by atoms with van der Waals surface area (Å²) in [5, 5.41) is 23.3. The van der Waals surface area contributed by atoms with Crippen LogP contribution in [0.25, 0.3) is 0 Å². The van der Waals surface area contributed by atoms with Gasteiger partial charge in [-0.05, 0) is 84.7 Å². The first-order valence-corrected chi connectivity index (χ1v) is 15.8. The number of hydrogen-bond donors (Lipinski definition) is 0. The van der Waals surface area contributed by atoms with Crippen LogP contribution < -0.4 is 14.5 Å². The largest absolute Gasteiger partial charge is 0.497 e. The van der Waals surface area contributed by atoms with Gasteiger partial charge in [-0.25, -0.2) is 8.78 Å². The summed E-state index contributed by atoms with van der Waals surface area (Å²) in [4.78, 5) is 25.7. The first-order chi connectivity index (χ1) is 22.5. The monoisotopic (exact) mass is 682 g/mol. The fourth-order valence-corrected chi connectivity index (χ4v) is 7.27. The Morgan fingerprint density at radius 2 is 1.19 bits per heavy atom. The number of nitro groups is 2. The Kier molecular flexibility index (Phi) is 9.20. The standard InChI is InChI=1S/C34H30Cl2F2N4O5/c1-47-25-6-2-20(3-7-25)21-12-14-39(15-13-21)34-28(37)18-24(19-29(34)38)40-30(22-4-8-26(35)32(16-22)41(43)44)10-11-31(40)23-5-9-27(36)33(17-23)42(45)46/h2-9,16-19,21,30-31H,10-15H2,1H3. The summed E-state index contributed by atoms with van der Waals surface area (Å²) in [5.74, 6) is -0.463. The molecule has 2 heterocycles. The molecule has 0 bridgehead atoms. The molecule has 4 aromatic rings. The normalized spacial score (nSPS) is 18.4. The number of rotatable bonds is 8. The van der Waals surface area contributed by atoms with Gasteiger partial charge < -0.3 is 14.5 Å². The molecule has 0 aromatic heterocycles. The minimum atomic E-state index is -0.739. The molecule has 6 rings (SSSR count).